The van der Waals surface area contributed by atoms with Crippen LogP contribution in [0.3, 0.4) is 0 Å². The number of nitrogens with one attached hydrogen (secondary N) is 1. The summed E-state index contributed by atoms with van der Waals surface area (Å²) < 4.78 is 61.0. The van der Waals surface area contributed by atoms with Crippen LogP contribution in [-0.4, -0.2) is 56.2 Å². The molecule has 1 unspecified atom stereocenters. The molecule has 1 N–H and O–H groups in total. The number of rotatable bonds is 10. The molecule has 1 saturated heterocycles. The van der Waals surface area contributed by atoms with Gasteiger partial charge in [-0.1, -0.05) is 11.6 Å². The van der Waals surface area contributed by atoms with E-state index in [0.717, 1.165) is 30.2 Å². The highest BCUT2D eigenvalue weighted by Crippen LogP contribution is 2.38. The molecule has 2 aromatic heterocycles. The Kier molecular flexibility index (Phi) is 10.2. The van der Waals surface area contributed by atoms with Crippen LogP contribution in [0.5, 0.6) is 11.5 Å². The predicted molar refractivity (Wildman–Crippen MR) is 151 cm³/mol. The first-order valence-electron chi connectivity index (χ1n) is 12.9. The molecule has 1 aliphatic heterocycles. The highest BCUT2D eigenvalue weighted by atomic mass is 35.5. The van der Waals surface area contributed by atoms with Crippen LogP contribution in [-0.2, 0) is 14.3 Å². The number of amides is 1. The molecule has 0 spiro atoms. The average molecular weight is 629 g/mol. The van der Waals surface area contributed by atoms with Crippen LogP contribution in [0.15, 0.2) is 47.4 Å². The van der Waals surface area contributed by atoms with Crippen molar-refractivity contribution in [2.24, 2.45) is 0 Å². The molecule has 3 aromatic rings. The van der Waals surface area contributed by atoms with Crippen LogP contribution in [0, 0.1) is 0 Å². The van der Waals surface area contributed by atoms with Crippen molar-refractivity contribution in [1.29, 1.82) is 0 Å². The minimum absolute atomic E-state index is 0.0974. The minimum atomic E-state index is -4.59. The zero-order valence-electron chi connectivity index (χ0n) is 22.7. The van der Waals surface area contributed by atoms with Gasteiger partial charge in [-0.25, -0.2) is 4.79 Å². The summed E-state index contributed by atoms with van der Waals surface area (Å²) in [6, 6.07) is 7.18. The number of hydrogen-bond acceptors (Lipinski definition) is 8. The van der Waals surface area contributed by atoms with Crippen LogP contribution in [0.1, 0.15) is 41.4 Å². The summed E-state index contributed by atoms with van der Waals surface area (Å²) in [4.78, 5) is 39.3. The van der Waals surface area contributed by atoms with E-state index < -0.39 is 36.3 Å². The summed E-state index contributed by atoms with van der Waals surface area (Å²) >= 11 is 7.15. The second-order valence-electron chi connectivity index (χ2n) is 9.43. The third kappa shape index (κ3) is 7.84. The van der Waals surface area contributed by atoms with Crippen LogP contribution >= 0.6 is 22.9 Å². The Bertz CT molecular complexity index is 1480. The van der Waals surface area contributed by atoms with Gasteiger partial charge in [0.1, 0.15) is 22.4 Å². The lowest BCUT2D eigenvalue weighted by atomic mass is 10.00. The van der Waals surface area contributed by atoms with Gasteiger partial charge in [0.15, 0.2) is 6.61 Å². The number of nitrogens with zero attached hydrogens (tertiary/aromatic N) is 1. The topological polar surface area (TPSA) is 105 Å². The first kappa shape index (κ1) is 31.4. The lowest BCUT2D eigenvalue weighted by Crippen LogP contribution is -2.36. The minimum Gasteiger partial charge on any atom is -0.495 e. The normalized spacial score (nSPS) is 16.0. The zero-order chi connectivity index (χ0) is 30.4. The first-order chi connectivity index (χ1) is 20.0. The number of thiophene rings is 1. The number of hydrogen-bond donors (Lipinski definition) is 1. The number of methoxy groups -OCH3 is 2. The maximum atomic E-state index is 13.6. The van der Waals surface area contributed by atoms with Gasteiger partial charge in [0.2, 0.25) is 5.91 Å². The summed E-state index contributed by atoms with van der Waals surface area (Å²) in [6.07, 6.45) is -0.905. The molecule has 1 aliphatic rings. The molecule has 226 valence electrons. The third-order valence-electron chi connectivity index (χ3n) is 6.52. The van der Waals surface area contributed by atoms with Crippen molar-refractivity contribution in [1.82, 2.24) is 4.57 Å². The Hall–Kier alpha value is -3.55. The first-order valence-corrected chi connectivity index (χ1v) is 14.1. The van der Waals surface area contributed by atoms with Gasteiger partial charge in [-0.3, -0.25) is 14.2 Å². The highest BCUT2D eigenvalue weighted by molar-refractivity contribution is 7.18. The number of anilines is 1. The molecule has 42 heavy (non-hydrogen) atoms. The number of aromatic nitrogens is 1. The molecule has 9 nitrogen and oxygen atoms in total. The van der Waals surface area contributed by atoms with Crippen LogP contribution in [0.25, 0.3) is 11.1 Å². The lowest BCUT2D eigenvalue weighted by molar-refractivity contribution is -0.153. The SMILES string of the molecule is COC(=O)c1ccc(NC(=O)C(C[C@@H]2CCCCO2)n2cc(OC)c(-c3cc(Cl)ccc3OCC(F)(F)F)cc2=O)s1. The van der Waals surface area contributed by atoms with E-state index in [1.165, 1.54) is 49.2 Å². The molecule has 0 bridgehead atoms. The molecule has 4 rings (SSSR count). The number of pyridine rings is 1. The van der Waals surface area contributed by atoms with Gasteiger partial charge < -0.3 is 24.3 Å². The fourth-order valence-electron chi connectivity index (χ4n) is 4.55. The Balaban J connectivity index is 1.72. The molecule has 14 heteroatoms. The van der Waals surface area contributed by atoms with E-state index in [-0.39, 0.29) is 45.1 Å². The van der Waals surface area contributed by atoms with Crippen LogP contribution in [0.4, 0.5) is 18.2 Å². The summed E-state index contributed by atoms with van der Waals surface area (Å²) in [7, 11) is 2.58. The summed E-state index contributed by atoms with van der Waals surface area (Å²) in [5.74, 6) is -1.14. The van der Waals surface area contributed by atoms with E-state index in [1.54, 1.807) is 6.07 Å². The third-order valence-corrected chi connectivity index (χ3v) is 7.74. The van der Waals surface area contributed by atoms with Gasteiger partial charge in [-0.05, 0) is 49.6 Å². The van der Waals surface area contributed by atoms with Crippen molar-refractivity contribution in [2.45, 2.75) is 44.0 Å². The predicted octanol–water partition coefficient (Wildman–Crippen LogP) is 6.11. The fraction of sp³-hybridized carbons (Fsp3) is 0.393. The van der Waals surface area contributed by atoms with Crippen LogP contribution < -0.4 is 20.3 Å². The second-order valence-corrected chi connectivity index (χ2v) is 11.0. The molecule has 0 aliphatic carbocycles. The maximum absolute atomic E-state index is 13.6. The number of esters is 1. The average Bonchev–Trinajstić information content (AvgIpc) is 3.43. The number of carbonyl (C=O) groups excluding carboxylic acids is 2. The van der Waals surface area contributed by atoms with Crippen LogP contribution in [0.2, 0.25) is 5.02 Å². The quantitative estimate of drug-likeness (QED) is 0.270. The molecule has 0 radical (unpaired) electrons. The van der Waals surface area contributed by atoms with Gasteiger partial charge >= 0.3 is 12.1 Å². The van der Waals surface area contributed by atoms with Crippen molar-refractivity contribution in [2.75, 3.05) is 32.8 Å². The lowest BCUT2D eigenvalue weighted by Gasteiger charge is -2.28. The van der Waals surface area contributed by atoms with Gasteiger partial charge in [0.05, 0.1) is 31.5 Å². The van der Waals surface area contributed by atoms with Gasteiger partial charge in [0.25, 0.3) is 5.56 Å². The molecule has 3 heterocycles. The van der Waals surface area contributed by atoms with E-state index in [1.807, 2.05) is 0 Å². The standard InChI is InChI=1S/C28H28ClF3N2O7S/c1-38-22-14-34(25(35)13-19(22)18-11-16(29)6-7-21(18)41-15-28(30,31)32)20(12-17-5-3-4-10-40-17)26(36)33-24-9-8-23(42-24)27(37)39-2/h6-9,11,13-14,17,20H,3-5,10,12,15H2,1-2H3,(H,33,36)/t17-,20?/m0/s1. The summed E-state index contributed by atoms with van der Waals surface area (Å²) in [5.41, 5.74) is -0.379. The second kappa shape index (κ2) is 13.6. The maximum Gasteiger partial charge on any atom is 0.422 e. The van der Waals surface area contributed by atoms with Gasteiger partial charge in [0, 0.05) is 35.2 Å². The molecule has 1 amide bonds. The molecule has 1 aromatic carbocycles. The van der Waals surface area contributed by atoms with E-state index >= 15 is 0 Å². The molecular weight excluding hydrogens is 601 g/mol. The number of benzene rings is 1. The van der Waals surface area contributed by atoms with Crippen molar-refractivity contribution in [3.8, 4) is 22.6 Å². The van der Waals surface area contributed by atoms with E-state index in [4.69, 9.17) is 30.5 Å². The highest BCUT2D eigenvalue weighted by Gasteiger charge is 2.31. The van der Waals surface area contributed by atoms with Gasteiger partial charge in [-0.15, -0.1) is 11.3 Å². The van der Waals surface area contributed by atoms with Crippen molar-refractivity contribution in [3.05, 3.63) is 62.8 Å². The van der Waals surface area contributed by atoms with Crippen molar-refractivity contribution >= 4 is 39.8 Å². The Labute approximate surface area is 248 Å². The number of ether oxygens (including phenoxy) is 4. The molecule has 0 saturated carbocycles. The van der Waals surface area contributed by atoms with E-state index in [9.17, 15) is 27.6 Å². The molecular formula is C28H28ClF3N2O7S. The monoisotopic (exact) mass is 628 g/mol. The number of alkyl halides is 3. The van der Waals surface area contributed by atoms with E-state index in [0.29, 0.717) is 18.0 Å². The Morgan fingerprint density at radius 3 is 2.57 bits per heavy atom. The largest absolute Gasteiger partial charge is 0.495 e. The smallest absolute Gasteiger partial charge is 0.422 e. The molecule has 1 fully saturated rings. The number of carbonyl (C=O) groups is 2. The van der Waals surface area contributed by atoms with Gasteiger partial charge in [-0.2, -0.15) is 13.2 Å². The summed E-state index contributed by atoms with van der Waals surface area (Å²) in [6.45, 7) is -1.02. The number of halogens is 4. The summed E-state index contributed by atoms with van der Waals surface area (Å²) in [5, 5.41) is 3.33. The zero-order valence-corrected chi connectivity index (χ0v) is 24.2. The fourth-order valence-corrected chi connectivity index (χ4v) is 5.55. The molecule has 2 atom stereocenters. The Morgan fingerprint density at radius 2 is 1.90 bits per heavy atom. The van der Waals surface area contributed by atoms with Crippen molar-refractivity contribution in [3.63, 3.8) is 0 Å². The van der Waals surface area contributed by atoms with E-state index in [2.05, 4.69) is 5.32 Å². The Morgan fingerprint density at radius 1 is 1.14 bits per heavy atom. The van der Waals surface area contributed by atoms with Crippen molar-refractivity contribution < 1.29 is 41.7 Å².